The Morgan fingerprint density at radius 1 is 1.00 bits per heavy atom. The Kier molecular flexibility index (Phi) is 4.09. The average Bonchev–Trinajstić information content (AvgIpc) is 2.35. The van der Waals surface area contributed by atoms with Gasteiger partial charge in [-0.1, -0.05) is 0 Å². The van der Waals surface area contributed by atoms with Gasteiger partial charge in [0.2, 0.25) is 0 Å². The SMILES string of the molecule is COC(=O)c1cc(C)c(C(=O)OC)c(OC)c1. The van der Waals surface area contributed by atoms with E-state index in [1.54, 1.807) is 13.0 Å². The quantitative estimate of drug-likeness (QED) is 0.748. The van der Waals surface area contributed by atoms with E-state index in [-0.39, 0.29) is 5.75 Å². The summed E-state index contributed by atoms with van der Waals surface area (Å²) in [5.74, 6) is -0.698. The van der Waals surface area contributed by atoms with Crippen LogP contribution in [-0.4, -0.2) is 33.3 Å². The predicted octanol–water partition coefficient (Wildman–Crippen LogP) is 1.58. The van der Waals surface area contributed by atoms with E-state index in [0.717, 1.165) is 0 Å². The van der Waals surface area contributed by atoms with Crippen molar-refractivity contribution in [3.8, 4) is 5.75 Å². The number of hydrogen-bond acceptors (Lipinski definition) is 5. The Morgan fingerprint density at radius 2 is 1.59 bits per heavy atom. The fourth-order valence-corrected chi connectivity index (χ4v) is 1.52. The van der Waals surface area contributed by atoms with Crippen molar-refractivity contribution in [1.29, 1.82) is 0 Å². The molecule has 0 saturated carbocycles. The maximum Gasteiger partial charge on any atom is 0.341 e. The summed E-state index contributed by atoms with van der Waals surface area (Å²) in [6.45, 7) is 1.70. The minimum atomic E-state index is -0.504. The van der Waals surface area contributed by atoms with Gasteiger partial charge in [-0.15, -0.1) is 0 Å². The number of benzene rings is 1. The molecule has 0 amide bonds. The highest BCUT2D eigenvalue weighted by Gasteiger charge is 2.19. The van der Waals surface area contributed by atoms with Crippen LogP contribution in [0.2, 0.25) is 0 Å². The van der Waals surface area contributed by atoms with Crippen molar-refractivity contribution in [3.63, 3.8) is 0 Å². The van der Waals surface area contributed by atoms with Gasteiger partial charge in [0, 0.05) is 0 Å². The van der Waals surface area contributed by atoms with Crippen LogP contribution in [0.15, 0.2) is 12.1 Å². The molecule has 0 aliphatic rings. The molecule has 0 aromatic heterocycles. The van der Waals surface area contributed by atoms with E-state index in [2.05, 4.69) is 9.47 Å². The number of aryl methyl sites for hydroxylation is 1. The molecule has 0 bridgehead atoms. The van der Waals surface area contributed by atoms with Crippen LogP contribution >= 0.6 is 0 Å². The molecule has 0 fully saturated rings. The summed E-state index contributed by atoms with van der Waals surface area (Å²) < 4.78 is 14.3. The lowest BCUT2D eigenvalue weighted by molar-refractivity contribution is 0.0582. The normalized spacial score (nSPS) is 9.65. The van der Waals surface area contributed by atoms with Gasteiger partial charge in [-0.25, -0.2) is 9.59 Å². The zero-order valence-electron chi connectivity index (χ0n) is 10.2. The monoisotopic (exact) mass is 238 g/mol. The van der Waals surface area contributed by atoms with Gasteiger partial charge in [-0.3, -0.25) is 0 Å². The molecule has 5 heteroatoms. The van der Waals surface area contributed by atoms with E-state index in [0.29, 0.717) is 16.7 Å². The second-order valence-corrected chi connectivity index (χ2v) is 3.35. The minimum Gasteiger partial charge on any atom is -0.496 e. The van der Waals surface area contributed by atoms with Crippen molar-refractivity contribution in [2.75, 3.05) is 21.3 Å². The second-order valence-electron chi connectivity index (χ2n) is 3.35. The van der Waals surface area contributed by atoms with E-state index >= 15 is 0 Å². The standard InChI is InChI=1S/C12H14O5/c1-7-5-8(11(13)16-3)6-9(15-2)10(7)12(14)17-4/h5-6H,1-4H3. The number of carbonyl (C=O) groups is 2. The highest BCUT2D eigenvalue weighted by atomic mass is 16.5. The smallest absolute Gasteiger partial charge is 0.341 e. The molecule has 17 heavy (non-hydrogen) atoms. The van der Waals surface area contributed by atoms with Gasteiger partial charge < -0.3 is 14.2 Å². The van der Waals surface area contributed by atoms with Crippen molar-refractivity contribution in [3.05, 3.63) is 28.8 Å². The minimum absolute atomic E-state index is 0.289. The Bertz CT molecular complexity index is 450. The third-order valence-corrected chi connectivity index (χ3v) is 2.33. The van der Waals surface area contributed by atoms with Crippen molar-refractivity contribution >= 4 is 11.9 Å². The van der Waals surface area contributed by atoms with E-state index < -0.39 is 11.9 Å². The molecule has 0 N–H and O–H groups in total. The molecule has 5 nitrogen and oxygen atoms in total. The number of methoxy groups -OCH3 is 3. The van der Waals surface area contributed by atoms with Gasteiger partial charge in [0.25, 0.3) is 0 Å². The number of ether oxygens (including phenoxy) is 3. The molecule has 0 aliphatic carbocycles. The molecule has 92 valence electrons. The number of rotatable bonds is 3. The van der Waals surface area contributed by atoms with E-state index in [4.69, 9.17) is 4.74 Å². The van der Waals surface area contributed by atoms with Crippen molar-refractivity contribution in [2.24, 2.45) is 0 Å². The molecule has 1 aromatic carbocycles. The Morgan fingerprint density at radius 3 is 2.06 bits per heavy atom. The number of hydrogen-bond donors (Lipinski definition) is 0. The largest absolute Gasteiger partial charge is 0.496 e. The summed E-state index contributed by atoms with van der Waals surface area (Å²) in [5.41, 5.74) is 1.23. The maximum absolute atomic E-state index is 11.5. The van der Waals surface area contributed by atoms with Crippen LogP contribution in [-0.2, 0) is 9.47 Å². The van der Waals surface area contributed by atoms with Crippen molar-refractivity contribution < 1.29 is 23.8 Å². The van der Waals surface area contributed by atoms with E-state index in [1.165, 1.54) is 27.4 Å². The highest BCUT2D eigenvalue weighted by molar-refractivity contribution is 5.97. The third-order valence-electron chi connectivity index (χ3n) is 2.33. The van der Waals surface area contributed by atoms with Gasteiger partial charge in [0.1, 0.15) is 11.3 Å². The Hall–Kier alpha value is -2.04. The molecule has 0 aliphatic heterocycles. The summed E-state index contributed by atoms with van der Waals surface area (Å²) in [5, 5.41) is 0. The van der Waals surface area contributed by atoms with Gasteiger partial charge in [0.05, 0.1) is 26.9 Å². The number of esters is 2. The van der Waals surface area contributed by atoms with E-state index in [9.17, 15) is 9.59 Å². The lowest BCUT2D eigenvalue weighted by atomic mass is 10.0. The molecule has 1 rings (SSSR count). The van der Waals surface area contributed by atoms with Crippen LogP contribution in [0, 0.1) is 6.92 Å². The van der Waals surface area contributed by atoms with Crippen LogP contribution in [0.5, 0.6) is 5.75 Å². The van der Waals surface area contributed by atoms with Crippen LogP contribution < -0.4 is 4.74 Å². The van der Waals surface area contributed by atoms with Crippen LogP contribution in [0.4, 0.5) is 0 Å². The molecule has 0 unspecified atom stereocenters. The molecular weight excluding hydrogens is 224 g/mol. The molecule has 0 spiro atoms. The lowest BCUT2D eigenvalue weighted by Crippen LogP contribution is -2.09. The molecule has 0 atom stereocenters. The molecular formula is C12H14O5. The summed E-state index contributed by atoms with van der Waals surface area (Å²) >= 11 is 0. The second kappa shape index (κ2) is 5.34. The average molecular weight is 238 g/mol. The molecule has 0 saturated heterocycles. The topological polar surface area (TPSA) is 61.8 Å². The summed E-state index contributed by atoms with van der Waals surface area (Å²) in [4.78, 5) is 22.9. The summed E-state index contributed by atoms with van der Waals surface area (Å²) in [7, 11) is 4.00. The fraction of sp³-hybridized carbons (Fsp3) is 0.333. The van der Waals surface area contributed by atoms with Crippen molar-refractivity contribution in [1.82, 2.24) is 0 Å². The first-order chi connectivity index (χ1) is 8.04. The molecule has 0 heterocycles. The molecule has 1 aromatic rings. The molecule has 0 radical (unpaired) electrons. The van der Waals surface area contributed by atoms with Crippen LogP contribution in [0.3, 0.4) is 0 Å². The van der Waals surface area contributed by atoms with Gasteiger partial charge >= 0.3 is 11.9 Å². The van der Waals surface area contributed by atoms with Gasteiger partial charge in [-0.05, 0) is 24.6 Å². The van der Waals surface area contributed by atoms with Crippen LogP contribution in [0.25, 0.3) is 0 Å². The van der Waals surface area contributed by atoms with Crippen LogP contribution in [0.1, 0.15) is 26.3 Å². The van der Waals surface area contributed by atoms with E-state index in [1.807, 2.05) is 0 Å². The maximum atomic E-state index is 11.5. The fourth-order valence-electron chi connectivity index (χ4n) is 1.52. The first-order valence-corrected chi connectivity index (χ1v) is 4.90. The lowest BCUT2D eigenvalue weighted by Gasteiger charge is -2.11. The first-order valence-electron chi connectivity index (χ1n) is 4.90. The Labute approximate surface area is 99.3 Å². The zero-order chi connectivity index (χ0) is 13.0. The Balaban J connectivity index is 3.35. The predicted molar refractivity (Wildman–Crippen MR) is 60.4 cm³/mol. The first kappa shape index (κ1) is 13.0. The van der Waals surface area contributed by atoms with Gasteiger partial charge in [-0.2, -0.15) is 0 Å². The van der Waals surface area contributed by atoms with Crippen molar-refractivity contribution in [2.45, 2.75) is 6.92 Å². The third kappa shape index (κ3) is 2.55. The number of carbonyl (C=O) groups excluding carboxylic acids is 2. The zero-order valence-corrected chi connectivity index (χ0v) is 10.2. The highest BCUT2D eigenvalue weighted by Crippen LogP contribution is 2.25. The summed E-state index contributed by atoms with van der Waals surface area (Å²) in [6, 6.07) is 3.01. The van der Waals surface area contributed by atoms with Gasteiger partial charge in [0.15, 0.2) is 0 Å². The summed E-state index contributed by atoms with van der Waals surface area (Å²) in [6.07, 6.45) is 0.